The first-order chi connectivity index (χ1) is 14.8. The van der Waals surface area contributed by atoms with Crippen LogP contribution in [0.3, 0.4) is 0 Å². The van der Waals surface area contributed by atoms with E-state index < -0.39 is 5.97 Å². The minimum absolute atomic E-state index is 0.0967. The molecular formula is C26H31NO4. The van der Waals surface area contributed by atoms with Gasteiger partial charge in [-0.15, -0.1) is 0 Å². The van der Waals surface area contributed by atoms with Crippen molar-refractivity contribution < 1.29 is 19.4 Å². The third-order valence-electron chi connectivity index (χ3n) is 7.31. The Bertz CT molecular complexity index is 1000. The van der Waals surface area contributed by atoms with E-state index in [1.54, 1.807) is 12.1 Å². The van der Waals surface area contributed by atoms with E-state index in [0.717, 1.165) is 43.8 Å². The molecule has 164 valence electrons. The SMILES string of the molecule is Cc1ccc2c(c1)OC(C)(C)[C@H]1C[C@@H]3CN(Cc4cccc(C(=O)O)c4)CC[C@@H]3O[C@H]21. The number of likely N-dealkylation sites (tertiary alicyclic amines) is 1. The fraction of sp³-hybridized carbons (Fsp3) is 0.500. The van der Waals surface area contributed by atoms with E-state index in [2.05, 4.69) is 43.9 Å². The molecule has 0 bridgehead atoms. The Balaban J connectivity index is 1.33. The van der Waals surface area contributed by atoms with Gasteiger partial charge in [-0.25, -0.2) is 4.79 Å². The second kappa shape index (κ2) is 7.64. The van der Waals surface area contributed by atoms with E-state index in [0.29, 0.717) is 17.4 Å². The van der Waals surface area contributed by atoms with Gasteiger partial charge >= 0.3 is 5.97 Å². The summed E-state index contributed by atoms with van der Waals surface area (Å²) in [6.45, 7) is 9.20. The molecule has 2 aromatic carbocycles. The topological polar surface area (TPSA) is 59.0 Å². The smallest absolute Gasteiger partial charge is 0.335 e. The predicted octanol–water partition coefficient (Wildman–Crippen LogP) is 4.83. The molecule has 0 spiro atoms. The minimum Gasteiger partial charge on any atom is -0.487 e. The predicted molar refractivity (Wildman–Crippen MR) is 118 cm³/mol. The summed E-state index contributed by atoms with van der Waals surface area (Å²) in [5.74, 6) is 0.884. The summed E-state index contributed by atoms with van der Waals surface area (Å²) >= 11 is 0. The summed E-state index contributed by atoms with van der Waals surface area (Å²) in [6, 6.07) is 13.8. The number of carboxylic acids is 1. The van der Waals surface area contributed by atoms with Crippen LogP contribution in [0.15, 0.2) is 42.5 Å². The molecular weight excluding hydrogens is 390 g/mol. The Morgan fingerprint density at radius 2 is 2.06 bits per heavy atom. The zero-order valence-corrected chi connectivity index (χ0v) is 18.5. The number of aryl methyl sites for hydroxylation is 1. The quantitative estimate of drug-likeness (QED) is 0.769. The standard InChI is InChI=1S/C26H31NO4/c1-16-7-8-20-23(11-16)31-26(2,3)21-13-19-15-27(10-9-22(19)30-24(20)21)14-17-5-4-6-18(12-17)25(28)29/h4-8,11-12,19,21-22,24H,9-10,13-15H2,1-3H3,(H,28,29)/t19-,21+,22+,24-/m1/s1. The number of rotatable bonds is 3. The Morgan fingerprint density at radius 3 is 2.87 bits per heavy atom. The zero-order chi connectivity index (χ0) is 21.8. The van der Waals surface area contributed by atoms with Crippen molar-refractivity contribution >= 4 is 5.97 Å². The van der Waals surface area contributed by atoms with Gasteiger partial charge in [0, 0.05) is 31.1 Å². The van der Waals surface area contributed by atoms with Crippen LogP contribution >= 0.6 is 0 Å². The van der Waals surface area contributed by atoms with Crippen LogP contribution in [0, 0.1) is 18.8 Å². The summed E-state index contributed by atoms with van der Waals surface area (Å²) in [5.41, 5.74) is 3.54. The summed E-state index contributed by atoms with van der Waals surface area (Å²) in [5, 5.41) is 9.27. The molecule has 5 heteroatoms. The van der Waals surface area contributed by atoms with Gasteiger partial charge in [0.05, 0.1) is 17.8 Å². The highest BCUT2D eigenvalue weighted by Gasteiger charge is 2.51. The summed E-state index contributed by atoms with van der Waals surface area (Å²) in [7, 11) is 0. The highest BCUT2D eigenvalue weighted by Crippen LogP contribution is 2.53. The van der Waals surface area contributed by atoms with Gasteiger partial charge in [0.15, 0.2) is 0 Å². The number of carboxylic acid groups (broad SMARTS) is 1. The molecule has 1 N–H and O–H groups in total. The van der Waals surface area contributed by atoms with Gasteiger partial charge in [-0.1, -0.05) is 24.3 Å². The van der Waals surface area contributed by atoms with E-state index in [-0.39, 0.29) is 17.8 Å². The summed E-state index contributed by atoms with van der Waals surface area (Å²) < 4.78 is 13.2. The third kappa shape index (κ3) is 3.85. The number of aromatic carboxylic acids is 1. The lowest BCUT2D eigenvalue weighted by Crippen LogP contribution is -2.55. The van der Waals surface area contributed by atoms with E-state index in [4.69, 9.17) is 9.47 Å². The van der Waals surface area contributed by atoms with Crippen molar-refractivity contribution in [1.29, 1.82) is 0 Å². The maximum atomic E-state index is 11.3. The lowest BCUT2D eigenvalue weighted by Gasteiger charge is -2.53. The molecule has 2 saturated heterocycles. The van der Waals surface area contributed by atoms with E-state index >= 15 is 0 Å². The zero-order valence-electron chi connectivity index (χ0n) is 18.5. The van der Waals surface area contributed by atoms with Gasteiger partial charge in [-0.05, 0) is 68.9 Å². The summed E-state index contributed by atoms with van der Waals surface area (Å²) in [6.07, 6.45) is 2.46. The van der Waals surface area contributed by atoms with E-state index in [1.165, 1.54) is 11.1 Å². The van der Waals surface area contributed by atoms with Crippen LogP contribution in [0.5, 0.6) is 5.75 Å². The number of ether oxygens (including phenoxy) is 2. The molecule has 0 radical (unpaired) electrons. The van der Waals surface area contributed by atoms with Crippen molar-refractivity contribution in [1.82, 2.24) is 4.90 Å². The third-order valence-corrected chi connectivity index (χ3v) is 7.31. The van der Waals surface area contributed by atoms with Crippen molar-refractivity contribution in [2.75, 3.05) is 13.1 Å². The fourth-order valence-corrected chi connectivity index (χ4v) is 5.69. The maximum Gasteiger partial charge on any atom is 0.335 e. The van der Waals surface area contributed by atoms with Crippen LogP contribution in [0.2, 0.25) is 0 Å². The second-order valence-electron chi connectivity index (χ2n) is 9.97. The van der Waals surface area contributed by atoms with Gasteiger partial charge in [0.1, 0.15) is 11.4 Å². The van der Waals surface area contributed by atoms with Gasteiger partial charge in [0.25, 0.3) is 0 Å². The molecule has 4 atom stereocenters. The molecule has 0 amide bonds. The van der Waals surface area contributed by atoms with Gasteiger partial charge in [-0.2, -0.15) is 0 Å². The Hall–Kier alpha value is -2.37. The largest absolute Gasteiger partial charge is 0.487 e. The highest BCUT2D eigenvalue weighted by molar-refractivity contribution is 5.87. The first kappa shape index (κ1) is 20.5. The minimum atomic E-state index is -0.873. The lowest BCUT2D eigenvalue weighted by molar-refractivity contribution is -0.187. The van der Waals surface area contributed by atoms with Crippen LogP contribution in [-0.4, -0.2) is 40.8 Å². The van der Waals surface area contributed by atoms with Crippen LogP contribution in [0.1, 0.15) is 59.8 Å². The van der Waals surface area contributed by atoms with Gasteiger partial charge in [0.2, 0.25) is 0 Å². The Labute approximate surface area is 184 Å². The highest BCUT2D eigenvalue weighted by atomic mass is 16.5. The lowest BCUT2D eigenvalue weighted by atomic mass is 9.70. The number of carbonyl (C=O) groups is 1. The molecule has 2 fully saturated rings. The molecule has 0 aliphatic carbocycles. The van der Waals surface area contributed by atoms with Crippen LogP contribution < -0.4 is 4.74 Å². The van der Waals surface area contributed by atoms with Crippen LogP contribution in [0.25, 0.3) is 0 Å². The van der Waals surface area contributed by atoms with Crippen molar-refractivity contribution in [2.24, 2.45) is 11.8 Å². The normalized spacial score (nSPS) is 29.3. The Morgan fingerprint density at radius 1 is 1.23 bits per heavy atom. The number of nitrogens with zero attached hydrogens (tertiary/aromatic N) is 1. The van der Waals surface area contributed by atoms with Crippen molar-refractivity contribution in [3.05, 3.63) is 64.7 Å². The number of benzene rings is 2. The fourth-order valence-electron chi connectivity index (χ4n) is 5.69. The average Bonchev–Trinajstić information content (AvgIpc) is 2.72. The number of piperidine rings is 1. The molecule has 3 heterocycles. The number of hydrogen-bond donors (Lipinski definition) is 1. The number of hydrogen-bond acceptors (Lipinski definition) is 4. The van der Waals surface area contributed by atoms with Gasteiger partial charge in [-0.3, -0.25) is 4.90 Å². The van der Waals surface area contributed by atoms with E-state index in [1.807, 2.05) is 12.1 Å². The first-order valence-electron chi connectivity index (χ1n) is 11.3. The van der Waals surface area contributed by atoms with Crippen LogP contribution in [0.4, 0.5) is 0 Å². The molecule has 2 aromatic rings. The molecule has 0 unspecified atom stereocenters. The first-order valence-corrected chi connectivity index (χ1v) is 11.3. The monoisotopic (exact) mass is 421 g/mol. The number of fused-ring (bicyclic) bond motifs is 4. The molecule has 0 saturated carbocycles. The van der Waals surface area contributed by atoms with Crippen molar-refractivity contribution in [3.8, 4) is 5.75 Å². The molecule has 5 rings (SSSR count). The second-order valence-corrected chi connectivity index (χ2v) is 9.97. The summed E-state index contributed by atoms with van der Waals surface area (Å²) in [4.78, 5) is 13.7. The molecule has 5 nitrogen and oxygen atoms in total. The van der Waals surface area contributed by atoms with Crippen molar-refractivity contribution in [3.63, 3.8) is 0 Å². The maximum absolute atomic E-state index is 11.3. The van der Waals surface area contributed by atoms with Gasteiger partial charge < -0.3 is 14.6 Å². The molecule has 0 aromatic heterocycles. The molecule has 3 aliphatic rings. The van der Waals surface area contributed by atoms with Crippen LogP contribution in [-0.2, 0) is 11.3 Å². The average molecular weight is 422 g/mol. The van der Waals surface area contributed by atoms with E-state index in [9.17, 15) is 9.90 Å². The molecule has 31 heavy (non-hydrogen) atoms. The Kier molecular flexibility index (Phi) is 5.06. The van der Waals surface area contributed by atoms with Crippen molar-refractivity contribution in [2.45, 2.75) is 58.0 Å². The molecule has 3 aliphatic heterocycles.